The first-order valence-corrected chi connectivity index (χ1v) is 5.85. The minimum absolute atomic E-state index is 0.0581. The number of esters is 2. The number of carbonyl (C=O) groups excluding carboxylic acids is 2. The molecule has 1 aliphatic carbocycles. The van der Waals surface area contributed by atoms with Crippen molar-refractivity contribution in [3.63, 3.8) is 0 Å². The Bertz CT molecular complexity index is 256. The Balaban J connectivity index is 2.88. The number of rotatable bonds is 2. The van der Waals surface area contributed by atoms with Gasteiger partial charge in [-0.3, -0.25) is 9.59 Å². The van der Waals surface area contributed by atoms with E-state index in [1.54, 1.807) is 0 Å². The summed E-state index contributed by atoms with van der Waals surface area (Å²) in [5, 5.41) is 0. The zero-order chi connectivity index (χ0) is 12.2. The maximum atomic E-state index is 11.1. The summed E-state index contributed by atoms with van der Waals surface area (Å²) >= 11 is 0. The lowest BCUT2D eigenvalue weighted by molar-refractivity contribution is -0.246. The standard InChI is InChI=1S/C12H20O4/c1-9-7-5-4-6-8-12(9,15-10(2)13)16-11(3)14/h9H,4-8H2,1-3H3. The van der Waals surface area contributed by atoms with Crippen LogP contribution in [0.15, 0.2) is 0 Å². The topological polar surface area (TPSA) is 52.6 Å². The quantitative estimate of drug-likeness (QED) is 0.414. The Morgan fingerprint density at radius 3 is 2.12 bits per heavy atom. The van der Waals surface area contributed by atoms with E-state index in [1.807, 2.05) is 6.92 Å². The molecule has 16 heavy (non-hydrogen) atoms. The van der Waals surface area contributed by atoms with Crippen LogP contribution >= 0.6 is 0 Å². The summed E-state index contributed by atoms with van der Waals surface area (Å²) in [7, 11) is 0. The Labute approximate surface area is 96.3 Å². The molecule has 92 valence electrons. The lowest BCUT2D eigenvalue weighted by atomic mass is 9.95. The van der Waals surface area contributed by atoms with Crippen molar-refractivity contribution in [2.24, 2.45) is 5.92 Å². The summed E-state index contributed by atoms with van der Waals surface area (Å²) in [6.45, 7) is 4.67. The van der Waals surface area contributed by atoms with Crippen LogP contribution in [0.25, 0.3) is 0 Å². The molecule has 0 amide bonds. The molecule has 0 bridgehead atoms. The second-order valence-corrected chi connectivity index (χ2v) is 4.50. The summed E-state index contributed by atoms with van der Waals surface area (Å²) in [5.74, 6) is -1.76. The van der Waals surface area contributed by atoms with Crippen LogP contribution in [0, 0.1) is 5.92 Å². The Morgan fingerprint density at radius 1 is 1.06 bits per heavy atom. The minimum atomic E-state index is -1.03. The summed E-state index contributed by atoms with van der Waals surface area (Å²) in [6.07, 6.45) is 4.62. The minimum Gasteiger partial charge on any atom is -0.422 e. The highest BCUT2D eigenvalue weighted by molar-refractivity contribution is 5.68. The third-order valence-corrected chi connectivity index (χ3v) is 3.05. The second kappa shape index (κ2) is 5.32. The molecule has 0 aromatic carbocycles. The largest absolute Gasteiger partial charge is 0.422 e. The molecule has 1 fully saturated rings. The van der Waals surface area contributed by atoms with Gasteiger partial charge in [-0.2, -0.15) is 0 Å². The molecule has 1 saturated carbocycles. The van der Waals surface area contributed by atoms with Crippen LogP contribution in [0.3, 0.4) is 0 Å². The fraction of sp³-hybridized carbons (Fsp3) is 0.833. The predicted octanol–water partition coefficient (Wildman–Crippen LogP) is 2.41. The van der Waals surface area contributed by atoms with Crippen molar-refractivity contribution >= 4 is 11.9 Å². The maximum absolute atomic E-state index is 11.1. The van der Waals surface area contributed by atoms with E-state index in [9.17, 15) is 9.59 Å². The van der Waals surface area contributed by atoms with E-state index in [-0.39, 0.29) is 5.92 Å². The molecule has 0 spiro atoms. The van der Waals surface area contributed by atoms with E-state index in [2.05, 4.69) is 0 Å². The molecule has 4 nitrogen and oxygen atoms in total. The van der Waals surface area contributed by atoms with E-state index < -0.39 is 17.7 Å². The normalized spacial score (nSPS) is 24.3. The third-order valence-electron chi connectivity index (χ3n) is 3.05. The second-order valence-electron chi connectivity index (χ2n) is 4.50. The van der Waals surface area contributed by atoms with Crippen LogP contribution < -0.4 is 0 Å². The zero-order valence-corrected chi connectivity index (χ0v) is 10.2. The molecular formula is C12H20O4. The molecular weight excluding hydrogens is 208 g/mol. The molecule has 1 aliphatic rings. The van der Waals surface area contributed by atoms with Crippen molar-refractivity contribution in [3.05, 3.63) is 0 Å². The SMILES string of the molecule is CC(=O)OC1(OC(C)=O)CCCCCC1C. The average Bonchev–Trinajstić information content (AvgIpc) is 2.28. The molecule has 1 unspecified atom stereocenters. The number of ether oxygens (including phenoxy) is 2. The van der Waals surface area contributed by atoms with Gasteiger partial charge in [-0.25, -0.2) is 0 Å². The van der Waals surface area contributed by atoms with Gasteiger partial charge in [0.2, 0.25) is 0 Å². The molecule has 1 atom stereocenters. The smallest absolute Gasteiger partial charge is 0.305 e. The van der Waals surface area contributed by atoms with Crippen molar-refractivity contribution in [1.82, 2.24) is 0 Å². The van der Waals surface area contributed by atoms with Gasteiger partial charge in [0.05, 0.1) is 0 Å². The molecule has 0 aromatic rings. The van der Waals surface area contributed by atoms with E-state index in [0.29, 0.717) is 6.42 Å². The summed E-state index contributed by atoms with van der Waals surface area (Å²) in [6, 6.07) is 0. The van der Waals surface area contributed by atoms with Crippen LogP contribution in [0.5, 0.6) is 0 Å². The first-order valence-electron chi connectivity index (χ1n) is 5.85. The van der Waals surface area contributed by atoms with Gasteiger partial charge in [-0.15, -0.1) is 0 Å². The van der Waals surface area contributed by atoms with Gasteiger partial charge >= 0.3 is 11.9 Å². The zero-order valence-electron chi connectivity index (χ0n) is 10.2. The summed E-state index contributed by atoms with van der Waals surface area (Å²) in [4.78, 5) is 22.3. The van der Waals surface area contributed by atoms with Crippen LogP contribution in [0.2, 0.25) is 0 Å². The molecule has 0 heterocycles. The molecule has 0 saturated heterocycles. The number of carbonyl (C=O) groups is 2. The van der Waals surface area contributed by atoms with Crippen molar-refractivity contribution in [3.8, 4) is 0 Å². The van der Waals surface area contributed by atoms with Gasteiger partial charge in [-0.05, 0) is 12.8 Å². The van der Waals surface area contributed by atoms with E-state index >= 15 is 0 Å². The Morgan fingerprint density at radius 2 is 1.62 bits per heavy atom. The first kappa shape index (κ1) is 13.0. The average molecular weight is 228 g/mol. The molecule has 4 heteroatoms. The molecule has 0 aliphatic heterocycles. The summed E-state index contributed by atoms with van der Waals surface area (Å²) < 4.78 is 10.6. The lowest BCUT2D eigenvalue weighted by Crippen LogP contribution is -2.44. The van der Waals surface area contributed by atoms with Gasteiger partial charge in [0.15, 0.2) is 0 Å². The summed E-state index contributed by atoms with van der Waals surface area (Å²) in [5.41, 5.74) is 0. The van der Waals surface area contributed by atoms with Crippen LogP contribution in [-0.4, -0.2) is 17.7 Å². The van der Waals surface area contributed by atoms with Crippen molar-refractivity contribution < 1.29 is 19.1 Å². The number of hydrogen-bond acceptors (Lipinski definition) is 4. The maximum Gasteiger partial charge on any atom is 0.305 e. The first-order chi connectivity index (χ1) is 7.46. The van der Waals surface area contributed by atoms with Crippen molar-refractivity contribution in [2.75, 3.05) is 0 Å². The molecule has 0 N–H and O–H groups in total. The fourth-order valence-electron chi connectivity index (χ4n) is 2.28. The highest BCUT2D eigenvalue weighted by Gasteiger charge is 2.43. The van der Waals surface area contributed by atoms with E-state index in [4.69, 9.17) is 9.47 Å². The van der Waals surface area contributed by atoms with Gasteiger partial charge in [0.1, 0.15) is 0 Å². The van der Waals surface area contributed by atoms with Gasteiger partial charge in [0.25, 0.3) is 5.79 Å². The predicted molar refractivity (Wildman–Crippen MR) is 58.5 cm³/mol. The fourth-order valence-corrected chi connectivity index (χ4v) is 2.28. The number of hydrogen-bond donors (Lipinski definition) is 0. The van der Waals surface area contributed by atoms with Gasteiger partial charge < -0.3 is 9.47 Å². The molecule has 0 radical (unpaired) electrons. The third kappa shape index (κ3) is 3.22. The van der Waals surface area contributed by atoms with E-state index in [0.717, 1.165) is 25.7 Å². The van der Waals surface area contributed by atoms with Crippen LogP contribution in [-0.2, 0) is 19.1 Å². The highest BCUT2D eigenvalue weighted by atomic mass is 16.7. The van der Waals surface area contributed by atoms with Crippen molar-refractivity contribution in [2.45, 2.75) is 58.7 Å². The van der Waals surface area contributed by atoms with Crippen molar-refractivity contribution in [1.29, 1.82) is 0 Å². The highest BCUT2D eigenvalue weighted by Crippen LogP contribution is 2.36. The van der Waals surface area contributed by atoms with Crippen LogP contribution in [0.4, 0.5) is 0 Å². The van der Waals surface area contributed by atoms with Crippen LogP contribution in [0.1, 0.15) is 52.9 Å². The van der Waals surface area contributed by atoms with E-state index in [1.165, 1.54) is 13.8 Å². The van der Waals surface area contributed by atoms with Gasteiger partial charge in [0, 0.05) is 26.2 Å². The lowest BCUT2D eigenvalue weighted by Gasteiger charge is -2.35. The molecule has 0 aromatic heterocycles. The monoisotopic (exact) mass is 228 g/mol. The van der Waals surface area contributed by atoms with Gasteiger partial charge in [-0.1, -0.05) is 19.8 Å². The Kier molecular flexibility index (Phi) is 4.33. The Hall–Kier alpha value is -1.06. The molecule has 1 rings (SSSR count).